The molecule has 5 heterocycles. The van der Waals surface area contributed by atoms with Crippen LogP contribution in [-0.2, 0) is 52.2 Å². The highest BCUT2D eigenvalue weighted by Crippen LogP contribution is 2.36. The minimum Gasteiger partial charge on any atom is -0.394 e. The lowest BCUT2D eigenvalue weighted by Gasteiger charge is -2.50. The second kappa shape index (κ2) is 22.3. The third kappa shape index (κ3) is 11.0. The van der Waals surface area contributed by atoms with Gasteiger partial charge in [-0.2, -0.15) is 0 Å². The summed E-state index contributed by atoms with van der Waals surface area (Å²) in [6, 6.07) is -1.67. The van der Waals surface area contributed by atoms with Gasteiger partial charge in [0.1, 0.15) is 122 Å². The largest absolute Gasteiger partial charge is 0.394 e. The highest BCUT2D eigenvalue weighted by atomic mass is 16.8. The molecule has 0 bridgehead atoms. The zero-order chi connectivity index (χ0) is 45.9. The summed E-state index contributed by atoms with van der Waals surface area (Å²) in [5, 5.41) is 162. The van der Waals surface area contributed by atoms with E-state index in [0.29, 0.717) is 0 Å². The molecule has 62 heavy (non-hydrogen) atoms. The van der Waals surface area contributed by atoms with Gasteiger partial charge in [0.05, 0.1) is 39.1 Å². The van der Waals surface area contributed by atoms with Crippen molar-refractivity contribution < 1.29 is 129 Å². The lowest BCUT2D eigenvalue weighted by atomic mass is 9.94. The predicted molar refractivity (Wildman–Crippen MR) is 192 cm³/mol. The molecule has 0 aliphatic carbocycles. The number of hydrogen-bond donors (Lipinski definition) is 16. The van der Waals surface area contributed by atoms with Crippen molar-refractivity contribution in [2.45, 2.75) is 180 Å². The highest BCUT2D eigenvalue weighted by Gasteiger charge is 2.57. The molecule has 0 saturated carbocycles. The van der Waals surface area contributed by atoms with Crippen LogP contribution in [0.1, 0.15) is 20.8 Å². The summed E-state index contributed by atoms with van der Waals surface area (Å²) in [5.74, 6) is -0.799. The van der Waals surface area contributed by atoms with Gasteiger partial charge in [0.2, 0.25) is 5.91 Å². The standard InChI is InChI=1S/C35H61NO26/c1-9(2)53-32-24(50)21(47)27(14(7-40)57-32)59-34-25(51)22(48)28(15(8-41)58-34)60-35-26(52)30(19(45)13(6-39)56-35)62-31-16(36-10(3)42)29(18(44)12(5-38)54-31)61-33-23(49)20(46)17(43)11(4-37)55-33/h9,11-35,37-41,43-52H,4-8H2,1-3H3,(H,36,42)/t11?,12?,13?,14?,15?,16?,17-,18-,19-,20?,21?,22?,23?,24?,25?,26?,27+,28-,29?,30?,31-,32+,33-,34-,35+/m0/s1. The molecule has 27 heteroatoms. The SMILES string of the molecule is CC(=O)NC1C(O[C@@H]2OC(CO)[C@H](O)C(O)C2O)[C@@H](O)C(CO)O[C@H]1OC1C(O)[C@@H](O[C@H]2C(CO)O[C@@H](O[C@@H]3C(CO)O[C@@H](OC(C)C)C(O)C3O)C(O)C2O)OC(CO)[C@@H]1O. The quantitative estimate of drug-likeness (QED) is 0.0683. The van der Waals surface area contributed by atoms with E-state index in [0.717, 1.165) is 6.92 Å². The Balaban J connectivity index is 1.34. The summed E-state index contributed by atoms with van der Waals surface area (Å²) in [5.41, 5.74) is 0. The first-order valence-electron chi connectivity index (χ1n) is 20.0. The fourth-order valence-electron chi connectivity index (χ4n) is 7.79. The predicted octanol–water partition coefficient (Wildman–Crippen LogP) is -10.3. The fourth-order valence-corrected chi connectivity index (χ4v) is 7.79. The van der Waals surface area contributed by atoms with Crippen LogP contribution in [0.4, 0.5) is 0 Å². The van der Waals surface area contributed by atoms with E-state index < -0.39 is 199 Å². The van der Waals surface area contributed by atoms with Crippen molar-refractivity contribution in [3.8, 4) is 0 Å². The number of carbonyl (C=O) groups excluding carboxylic acids is 1. The summed E-state index contributed by atoms with van der Waals surface area (Å²) >= 11 is 0. The molecule has 362 valence electrons. The molecule has 5 rings (SSSR count). The molecule has 16 N–H and O–H groups in total. The molecular formula is C35H61NO26. The first-order chi connectivity index (χ1) is 29.3. The van der Waals surface area contributed by atoms with Crippen LogP contribution in [0.2, 0.25) is 0 Å². The normalized spacial score (nSPS) is 49.2. The summed E-state index contributed by atoms with van der Waals surface area (Å²) in [6.07, 6.45) is -43.6. The van der Waals surface area contributed by atoms with Gasteiger partial charge in [-0.3, -0.25) is 4.79 Å². The van der Waals surface area contributed by atoms with Gasteiger partial charge in [-0.1, -0.05) is 0 Å². The van der Waals surface area contributed by atoms with Crippen LogP contribution < -0.4 is 5.32 Å². The summed E-state index contributed by atoms with van der Waals surface area (Å²) in [7, 11) is 0. The van der Waals surface area contributed by atoms with E-state index in [1.165, 1.54) is 0 Å². The number of aliphatic hydroxyl groups excluding tert-OH is 15. The molecule has 15 unspecified atom stereocenters. The summed E-state index contributed by atoms with van der Waals surface area (Å²) < 4.78 is 56.6. The van der Waals surface area contributed by atoms with Crippen LogP contribution in [-0.4, -0.2) is 275 Å². The van der Waals surface area contributed by atoms with E-state index in [4.69, 9.17) is 47.4 Å². The average molecular weight is 912 g/mol. The highest BCUT2D eigenvalue weighted by molar-refractivity contribution is 5.73. The Bertz CT molecular complexity index is 1380. The minimum absolute atomic E-state index is 0.460. The first-order valence-corrected chi connectivity index (χ1v) is 20.0. The molecule has 25 atom stereocenters. The molecular weight excluding hydrogens is 850 g/mol. The summed E-state index contributed by atoms with van der Waals surface area (Å²) in [6.45, 7) is -0.183. The van der Waals surface area contributed by atoms with E-state index in [2.05, 4.69) is 5.32 Å². The van der Waals surface area contributed by atoms with Crippen LogP contribution in [0.15, 0.2) is 0 Å². The third-order valence-electron chi connectivity index (χ3n) is 11.1. The molecule has 27 nitrogen and oxygen atoms in total. The molecule has 0 aromatic rings. The molecule has 5 fully saturated rings. The van der Waals surface area contributed by atoms with Crippen molar-refractivity contribution in [1.29, 1.82) is 0 Å². The molecule has 0 aromatic carbocycles. The van der Waals surface area contributed by atoms with Crippen LogP contribution in [0.5, 0.6) is 0 Å². The molecule has 5 saturated heterocycles. The number of aliphatic hydroxyl groups is 15. The molecule has 1 amide bonds. The molecule has 5 aliphatic rings. The zero-order valence-corrected chi connectivity index (χ0v) is 33.7. The molecule has 0 aromatic heterocycles. The Morgan fingerprint density at radius 3 is 1.26 bits per heavy atom. The zero-order valence-electron chi connectivity index (χ0n) is 33.7. The lowest BCUT2D eigenvalue weighted by Crippen LogP contribution is -2.70. The third-order valence-corrected chi connectivity index (χ3v) is 11.1. The number of amides is 1. The first kappa shape index (κ1) is 51.5. The number of ether oxygens (including phenoxy) is 10. The van der Waals surface area contributed by atoms with E-state index >= 15 is 0 Å². The van der Waals surface area contributed by atoms with Gasteiger partial charge in [-0.05, 0) is 13.8 Å². The minimum atomic E-state index is -2.14. The lowest BCUT2D eigenvalue weighted by molar-refractivity contribution is -0.389. The maximum atomic E-state index is 12.5. The van der Waals surface area contributed by atoms with E-state index in [1.54, 1.807) is 13.8 Å². The maximum Gasteiger partial charge on any atom is 0.217 e. The average Bonchev–Trinajstić information content (AvgIpc) is 3.23. The van der Waals surface area contributed by atoms with Gasteiger partial charge >= 0.3 is 0 Å². The summed E-state index contributed by atoms with van der Waals surface area (Å²) in [4.78, 5) is 12.5. The van der Waals surface area contributed by atoms with Gasteiger partial charge in [0, 0.05) is 6.92 Å². The second-order valence-corrected chi connectivity index (χ2v) is 15.8. The van der Waals surface area contributed by atoms with E-state index in [9.17, 15) is 81.4 Å². The number of rotatable bonds is 16. The Hall–Kier alpha value is -1.53. The van der Waals surface area contributed by atoms with E-state index in [-0.39, 0.29) is 0 Å². The Labute approximate surface area is 353 Å². The monoisotopic (exact) mass is 911 g/mol. The topological polar surface area (TPSA) is 425 Å². The second-order valence-electron chi connectivity index (χ2n) is 15.8. The van der Waals surface area contributed by atoms with Crippen LogP contribution in [0, 0.1) is 0 Å². The molecule has 0 radical (unpaired) electrons. The maximum absolute atomic E-state index is 12.5. The van der Waals surface area contributed by atoms with Gasteiger partial charge in [0.15, 0.2) is 31.5 Å². The molecule has 5 aliphatic heterocycles. The number of hydrogen-bond acceptors (Lipinski definition) is 26. The van der Waals surface area contributed by atoms with Crippen molar-refractivity contribution in [2.75, 3.05) is 33.0 Å². The van der Waals surface area contributed by atoms with Gasteiger partial charge in [0.25, 0.3) is 0 Å². The Kier molecular flexibility index (Phi) is 18.5. The van der Waals surface area contributed by atoms with Gasteiger partial charge in [-0.25, -0.2) is 0 Å². The number of carbonyl (C=O) groups is 1. The van der Waals surface area contributed by atoms with Crippen molar-refractivity contribution in [2.24, 2.45) is 0 Å². The smallest absolute Gasteiger partial charge is 0.217 e. The number of nitrogens with one attached hydrogen (secondary N) is 1. The van der Waals surface area contributed by atoms with Crippen molar-refractivity contribution in [1.82, 2.24) is 5.32 Å². The fraction of sp³-hybridized carbons (Fsp3) is 0.971. The van der Waals surface area contributed by atoms with Crippen molar-refractivity contribution in [3.63, 3.8) is 0 Å². The van der Waals surface area contributed by atoms with Gasteiger partial charge in [-0.15, -0.1) is 0 Å². The van der Waals surface area contributed by atoms with Gasteiger partial charge < -0.3 is 129 Å². The van der Waals surface area contributed by atoms with Crippen LogP contribution >= 0.6 is 0 Å². The Morgan fingerprint density at radius 1 is 0.435 bits per heavy atom. The van der Waals surface area contributed by atoms with Crippen molar-refractivity contribution in [3.05, 3.63) is 0 Å². The van der Waals surface area contributed by atoms with Crippen LogP contribution in [0.25, 0.3) is 0 Å². The van der Waals surface area contributed by atoms with E-state index in [1.807, 2.05) is 0 Å². The van der Waals surface area contributed by atoms with Crippen molar-refractivity contribution >= 4 is 5.91 Å². The van der Waals surface area contributed by atoms with Crippen LogP contribution in [0.3, 0.4) is 0 Å². The molecule has 0 spiro atoms. The Morgan fingerprint density at radius 2 is 0.790 bits per heavy atom.